The van der Waals surface area contributed by atoms with E-state index in [0.29, 0.717) is 0 Å². The van der Waals surface area contributed by atoms with E-state index in [9.17, 15) is 0 Å². The fourth-order valence-corrected chi connectivity index (χ4v) is 8.47. The molecule has 2 nitrogen and oxygen atoms in total. The molecule has 0 aliphatic heterocycles. The van der Waals surface area contributed by atoms with Crippen molar-refractivity contribution in [1.82, 2.24) is 9.55 Å². The predicted octanol–water partition coefficient (Wildman–Crippen LogP) is 13.8. The Balaban J connectivity index is 1.11. The first kappa shape index (κ1) is 29.7. The van der Waals surface area contributed by atoms with Crippen LogP contribution in [0.25, 0.3) is 104 Å². The Labute approximate surface area is 306 Å². The normalized spacial score (nSPS) is 11.8. The summed E-state index contributed by atoms with van der Waals surface area (Å²) in [4.78, 5) is 4.41. The second kappa shape index (κ2) is 11.8. The molecule has 246 valence electrons. The van der Waals surface area contributed by atoms with Crippen LogP contribution in [-0.2, 0) is 0 Å². The van der Waals surface area contributed by atoms with Crippen LogP contribution in [0.2, 0.25) is 0 Å². The van der Waals surface area contributed by atoms with E-state index >= 15 is 0 Å². The van der Waals surface area contributed by atoms with Gasteiger partial charge in [0.05, 0.1) is 11.0 Å². The summed E-state index contributed by atoms with van der Waals surface area (Å²) in [7, 11) is 0. The number of hydrogen-bond acceptors (Lipinski definition) is 1. The quantitative estimate of drug-likeness (QED) is 0.170. The first-order valence-corrected chi connectivity index (χ1v) is 18.2. The van der Waals surface area contributed by atoms with E-state index in [1.807, 2.05) is 18.5 Å². The Morgan fingerprint density at radius 1 is 0.340 bits per heavy atom. The summed E-state index contributed by atoms with van der Waals surface area (Å²) in [6, 6.07) is 66.8. The highest BCUT2D eigenvalue weighted by Crippen LogP contribution is 2.41. The number of hydrogen-bond donors (Lipinski definition) is 0. The van der Waals surface area contributed by atoms with Gasteiger partial charge in [-0.15, -0.1) is 0 Å². The minimum atomic E-state index is 1.11. The van der Waals surface area contributed by atoms with Crippen LogP contribution in [0.3, 0.4) is 0 Å². The number of benzene rings is 9. The Bertz CT molecular complexity index is 3220. The van der Waals surface area contributed by atoms with E-state index in [2.05, 4.69) is 185 Å². The molecule has 2 aromatic heterocycles. The van der Waals surface area contributed by atoms with Gasteiger partial charge in [-0.3, -0.25) is 4.98 Å². The largest absolute Gasteiger partial charge is 0.309 e. The minimum absolute atomic E-state index is 1.11. The van der Waals surface area contributed by atoms with E-state index in [1.54, 1.807) is 0 Å². The summed E-state index contributed by atoms with van der Waals surface area (Å²) in [5, 5.41) is 12.5. The molecule has 0 amide bonds. The molecule has 11 aromatic rings. The van der Waals surface area contributed by atoms with Crippen LogP contribution < -0.4 is 0 Å². The molecule has 2 heterocycles. The van der Waals surface area contributed by atoms with Crippen molar-refractivity contribution in [2.45, 2.75) is 0 Å². The first-order chi connectivity index (χ1) is 26.3. The summed E-state index contributed by atoms with van der Waals surface area (Å²) >= 11 is 0. The minimum Gasteiger partial charge on any atom is -0.309 e. The van der Waals surface area contributed by atoms with E-state index in [4.69, 9.17) is 0 Å². The summed E-state index contributed by atoms with van der Waals surface area (Å²) in [5.41, 5.74) is 10.7. The summed E-state index contributed by atoms with van der Waals surface area (Å²) < 4.78 is 2.46. The van der Waals surface area contributed by atoms with E-state index < -0.39 is 0 Å². The highest BCUT2D eigenvalue weighted by molar-refractivity contribution is 6.20. The summed E-state index contributed by atoms with van der Waals surface area (Å²) in [6.45, 7) is 0. The molecule has 0 bridgehead atoms. The summed E-state index contributed by atoms with van der Waals surface area (Å²) in [6.07, 6.45) is 3.77. The van der Waals surface area contributed by atoms with Crippen molar-refractivity contribution in [3.05, 3.63) is 194 Å². The Morgan fingerprint density at radius 2 is 1.00 bits per heavy atom. The highest BCUT2D eigenvalue weighted by atomic mass is 15.0. The van der Waals surface area contributed by atoms with Gasteiger partial charge in [0.1, 0.15) is 0 Å². The summed E-state index contributed by atoms with van der Waals surface area (Å²) in [5.74, 6) is 0. The van der Waals surface area contributed by atoms with Crippen molar-refractivity contribution in [2.75, 3.05) is 0 Å². The van der Waals surface area contributed by atoms with Crippen LogP contribution in [0.4, 0.5) is 0 Å². The van der Waals surface area contributed by atoms with Gasteiger partial charge in [-0.1, -0.05) is 140 Å². The molecule has 0 spiro atoms. The van der Waals surface area contributed by atoms with E-state index in [-0.39, 0.29) is 0 Å². The molecule has 9 aromatic carbocycles. The third-order valence-electron chi connectivity index (χ3n) is 11.0. The molecule has 0 radical (unpaired) electrons. The molecule has 0 saturated carbocycles. The second-order valence-corrected chi connectivity index (χ2v) is 14.0. The zero-order chi connectivity index (χ0) is 34.9. The van der Waals surface area contributed by atoms with Gasteiger partial charge in [-0.25, -0.2) is 0 Å². The predicted molar refractivity (Wildman–Crippen MR) is 225 cm³/mol. The lowest BCUT2D eigenvalue weighted by Crippen LogP contribution is -1.95. The fourth-order valence-electron chi connectivity index (χ4n) is 8.47. The third kappa shape index (κ3) is 4.77. The molecule has 0 saturated heterocycles. The molecule has 0 N–H and O–H groups in total. The number of rotatable bonds is 4. The number of pyridine rings is 1. The lowest BCUT2D eigenvalue weighted by atomic mass is 9.91. The Kier molecular flexibility index (Phi) is 6.59. The van der Waals surface area contributed by atoms with Gasteiger partial charge >= 0.3 is 0 Å². The maximum Gasteiger partial charge on any atom is 0.0619 e. The molecule has 0 fully saturated rings. The van der Waals surface area contributed by atoms with Crippen LogP contribution in [0.1, 0.15) is 0 Å². The Morgan fingerprint density at radius 3 is 1.87 bits per heavy atom. The second-order valence-electron chi connectivity index (χ2n) is 14.0. The van der Waals surface area contributed by atoms with Crippen LogP contribution in [0.5, 0.6) is 0 Å². The topological polar surface area (TPSA) is 17.8 Å². The monoisotopic (exact) mass is 672 g/mol. The van der Waals surface area contributed by atoms with Gasteiger partial charge in [-0.2, -0.15) is 0 Å². The highest BCUT2D eigenvalue weighted by Gasteiger charge is 2.17. The maximum atomic E-state index is 4.41. The van der Waals surface area contributed by atoms with Crippen molar-refractivity contribution >= 4 is 64.9 Å². The smallest absolute Gasteiger partial charge is 0.0619 e. The average molecular weight is 673 g/mol. The van der Waals surface area contributed by atoms with E-state index in [0.717, 1.165) is 16.8 Å². The van der Waals surface area contributed by atoms with Gasteiger partial charge in [0.2, 0.25) is 0 Å². The first-order valence-electron chi connectivity index (χ1n) is 18.2. The number of nitrogens with zero attached hydrogens (tertiary/aromatic N) is 2. The van der Waals surface area contributed by atoms with Gasteiger partial charge < -0.3 is 4.57 Å². The van der Waals surface area contributed by atoms with Crippen molar-refractivity contribution in [2.24, 2.45) is 0 Å². The number of fused-ring (bicyclic) bond motifs is 9. The lowest BCUT2D eigenvalue weighted by molar-refractivity contribution is 1.19. The fraction of sp³-hybridized carbons (Fsp3) is 0. The standard InChI is InChI=1S/C51H32N2/c1-2-10-35-29-42(22-18-33(35)9-1)53-50-31-37(41-14-8-26-52-32-41)20-24-47(50)48-25-21-40-28-36(19-23-44(40)51(48)53)34-12-7-13-38(27-34)49-30-39-11-3-4-15-43(39)45-16-5-6-17-46(45)49/h1-32H. The zero-order valence-corrected chi connectivity index (χ0v) is 28.9. The molecule has 0 unspecified atom stereocenters. The van der Waals surface area contributed by atoms with Gasteiger partial charge in [0.25, 0.3) is 0 Å². The van der Waals surface area contributed by atoms with Gasteiger partial charge in [0.15, 0.2) is 0 Å². The van der Waals surface area contributed by atoms with Crippen LogP contribution in [0, 0.1) is 0 Å². The average Bonchev–Trinajstić information content (AvgIpc) is 3.57. The molecule has 53 heavy (non-hydrogen) atoms. The molecular formula is C51H32N2. The molecule has 11 rings (SSSR count). The molecular weight excluding hydrogens is 641 g/mol. The van der Waals surface area contributed by atoms with Crippen LogP contribution >= 0.6 is 0 Å². The van der Waals surface area contributed by atoms with Crippen LogP contribution in [-0.4, -0.2) is 9.55 Å². The van der Waals surface area contributed by atoms with Crippen molar-refractivity contribution < 1.29 is 0 Å². The van der Waals surface area contributed by atoms with Gasteiger partial charge in [-0.05, 0) is 108 Å². The van der Waals surface area contributed by atoms with Gasteiger partial charge in [0, 0.05) is 39.8 Å². The molecule has 0 aliphatic rings. The van der Waals surface area contributed by atoms with Crippen LogP contribution in [0.15, 0.2) is 194 Å². The van der Waals surface area contributed by atoms with Crippen molar-refractivity contribution in [3.8, 4) is 39.1 Å². The maximum absolute atomic E-state index is 4.41. The molecule has 0 aliphatic carbocycles. The third-order valence-corrected chi connectivity index (χ3v) is 11.0. The number of aromatic nitrogens is 2. The Hall–Kier alpha value is -7.03. The lowest BCUT2D eigenvalue weighted by Gasteiger charge is -2.13. The van der Waals surface area contributed by atoms with E-state index in [1.165, 1.54) is 87.1 Å². The van der Waals surface area contributed by atoms with Crippen molar-refractivity contribution in [3.63, 3.8) is 0 Å². The molecule has 2 heteroatoms. The zero-order valence-electron chi connectivity index (χ0n) is 28.9. The van der Waals surface area contributed by atoms with Crippen molar-refractivity contribution in [1.29, 1.82) is 0 Å². The molecule has 0 atom stereocenters. The SMILES string of the molecule is c1cncc(-c2ccc3c4ccc5cc(-c6cccc(-c7cc8ccccc8c8ccccc78)c6)ccc5c4n(-c4ccc5ccccc5c4)c3c2)c1.